The molecule has 3 rings (SSSR count). The first kappa shape index (κ1) is 16.7. The van der Waals surface area contributed by atoms with Crippen molar-refractivity contribution < 1.29 is 4.74 Å². The van der Waals surface area contributed by atoms with Gasteiger partial charge in [-0.15, -0.1) is 0 Å². The molecule has 0 unspecified atom stereocenters. The van der Waals surface area contributed by atoms with Crippen LogP contribution in [0.1, 0.15) is 28.1 Å². The fourth-order valence-electron chi connectivity index (χ4n) is 3.16. The zero-order valence-corrected chi connectivity index (χ0v) is 15.1. The molecule has 0 radical (unpaired) electrons. The van der Waals surface area contributed by atoms with Crippen molar-refractivity contribution in [3.8, 4) is 22.9 Å². The van der Waals surface area contributed by atoms with Gasteiger partial charge in [0.1, 0.15) is 11.8 Å². The second kappa shape index (κ2) is 6.06. The molecule has 1 aromatic heterocycles. The Morgan fingerprint density at radius 3 is 2.36 bits per heavy atom. The molecule has 5 nitrogen and oxygen atoms in total. The van der Waals surface area contributed by atoms with Crippen molar-refractivity contribution >= 4 is 16.7 Å². The SMILES string of the molecule is COc1ccc(C)c(-c2c(N)c(C#N)cc3nc(C)c(C)nc23)c1C. The maximum atomic E-state index is 9.51. The van der Waals surface area contributed by atoms with Gasteiger partial charge in [-0.25, -0.2) is 9.97 Å². The Balaban J connectivity index is 2.54. The third-order valence-electron chi connectivity index (χ3n) is 4.63. The van der Waals surface area contributed by atoms with E-state index in [0.29, 0.717) is 22.3 Å². The summed E-state index contributed by atoms with van der Waals surface area (Å²) in [5.41, 5.74) is 14.0. The van der Waals surface area contributed by atoms with Crippen LogP contribution in [0.5, 0.6) is 5.75 Å². The first-order chi connectivity index (χ1) is 11.9. The van der Waals surface area contributed by atoms with E-state index < -0.39 is 0 Å². The van der Waals surface area contributed by atoms with Crippen molar-refractivity contribution in [2.45, 2.75) is 27.7 Å². The van der Waals surface area contributed by atoms with Gasteiger partial charge >= 0.3 is 0 Å². The average molecular weight is 332 g/mol. The van der Waals surface area contributed by atoms with Crippen LogP contribution in [0.15, 0.2) is 18.2 Å². The molecule has 126 valence electrons. The molecule has 0 bridgehead atoms. The number of rotatable bonds is 2. The van der Waals surface area contributed by atoms with Crippen molar-refractivity contribution in [3.05, 3.63) is 46.3 Å². The monoisotopic (exact) mass is 332 g/mol. The number of hydrogen-bond donors (Lipinski definition) is 1. The summed E-state index contributed by atoms with van der Waals surface area (Å²) in [5.74, 6) is 0.771. The summed E-state index contributed by atoms with van der Waals surface area (Å²) in [6.07, 6.45) is 0. The fraction of sp³-hybridized carbons (Fsp3) is 0.250. The lowest BCUT2D eigenvalue weighted by Crippen LogP contribution is -2.03. The summed E-state index contributed by atoms with van der Waals surface area (Å²) in [6, 6.07) is 7.80. The van der Waals surface area contributed by atoms with Crippen LogP contribution in [-0.4, -0.2) is 17.1 Å². The Morgan fingerprint density at radius 2 is 1.72 bits per heavy atom. The van der Waals surface area contributed by atoms with Gasteiger partial charge in [0.05, 0.1) is 40.8 Å². The number of methoxy groups -OCH3 is 1. The molecule has 0 aliphatic carbocycles. The minimum absolute atomic E-state index is 0.404. The van der Waals surface area contributed by atoms with E-state index in [1.807, 2.05) is 39.8 Å². The molecule has 0 fully saturated rings. The number of nitrogens with zero attached hydrogens (tertiary/aromatic N) is 3. The highest BCUT2D eigenvalue weighted by atomic mass is 16.5. The lowest BCUT2D eigenvalue weighted by Gasteiger charge is -2.18. The number of aromatic nitrogens is 2. The molecule has 0 amide bonds. The molecule has 1 heterocycles. The van der Waals surface area contributed by atoms with Crippen molar-refractivity contribution in [2.24, 2.45) is 0 Å². The lowest BCUT2D eigenvalue weighted by molar-refractivity contribution is 0.412. The van der Waals surface area contributed by atoms with Gasteiger partial charge in [-0.2, -0.15) is 5.26 Å². The maximum Gasteiger partial charge on any atom is 0.122 e. The molecule has 0 saturated heterocycles. The number of nitrogens with two attached hydrogens (primary N) is 1. The molecule has 0 spiro atoms. The average Bonchev–Trinajstić information content (AvgIpc) is 2.58. The third kappa shape index (κ3) is 2.56. The van der Waals surface area contributed by atoms with Gasteiger partial charge in [-0.05, 0) is 56.5 Å². The van der Waals surface area contributed by atoms with Crippen LogP contribution in [0.25, 0.3) is 22.2 Å². The van der Waals surface area contributed by atoms with E-state index in [1.165, 1.54) is 0 Å². The van der Waals surface area contributed by atoms with Gasteiger partial charge in [0, 0.05) is 5.56 Å². The summed E-state index contributed by atoms with van der Waals surface area (Å²) in [4.78, 5) is 9.35. The Kier molecular flexibility index (Phi) is 4.05. The summed E-state index contributed by atoms with van der Waals surface area (Å²) in [7, 11) is 1.64. The predicted octanol–water partition coefficient (Wildman–Crippen LogP) is 3.99. The summed E-state index contributed by atoms with van der Waals surface area (Å²) in [6.45, 7) is 7.83. The van der Waals surface area contributed by atoms with Gasteiger partial charge < -0.3 is 10.5 Å². The van der Waals surface area contributed by atoms with E-state index >= 15 is 0 Å². The minimum atomic E-state index is 0.404. The highest BCUT2D eigenvalue weighted by Crippen LogP contribution is 2.41. The van der Waals surface area contributed by atoms with Crippen LogP contribution in [0, 0.1) is 39.0 Å². The number of nitrogen functional groups attached to an aromatic ring is 1. The highest BCUT2D eigenvalue weighted by molar-refractivity contribution is 6.02. The molecule has 3 aromatic rings. The van der Waals surface area contributed by atoms with Crippen LogP contribution in [0.3, 0.4) is 0 Å². The van der Waals surface area contributed by atoms with Gasteiger partial charge in [-0.1, -0.05) is 6.07 Å². The Labute approximate surface area is 147 Å². The molecule has 0 aliphatic heterocycles. The second-order valence-electron chi connectivity index (χ2n) is 6.17. The van der Waals surface area contributed by atoms with Crippen LogP contribution in [-0.2, 0) is 0 Å². The molecule has 0 aliphatic rings. The molecular weight excluding hydrogens is 312 g/mol. The molecule has 2 aromatic carbocycles. The number of ether oxygens (including phenoxy) is 1. The van der Waals surface area contributed by atoms with Gasteiger partial charge in [-0.3, -0.25) is 0 Å². The predicted molar refractivity (Wildman–Crippen MR) is 99.6 cm³/mol. The van der Waals surface area contributed by atoms with Crippen molar-refractivity contribution in [2.75, 3.05) is 12.8 Å². The largest absolute Gasteiger partial charge is 0.496 e. The Bertz CT molecular complexity index is 1050. The zero-order valence-electron chi connectivity index (χ0n) is 15.1. The lowest BCUT2D eigenvalue weighted by atomic mass is 9.91. The summed E-state index contributed by atoms with van der Waals surface area (Å²) >= 11 is 0. The van der Waals surface area contributed by atoms with Crippen LogP contribution in [0.2, 0.25) is 0 Å². The number of aryl methyl sites for hydroxylation is 3. The molecular formula is C20H20N4O. The number of anilines is 1. The number of hydrogen-bond acceptors (Lipinski definition) is 5. The Morgan fingerprint density at radius 1 is 1.04 bits per heavy atom. The first-order valence-corrected chi connectivity index (χ1v) is 8.01. The normalized spacial score (nSPS) is 10.7. The summed E-state index contributed by atoms with van der Waals surface area (Å²) < 4.78 is 5.47. The second-order valence-corrected chi connectivity index (χ2v) is 6.17. The molecule has 25 heavy (non-hydrogen) atoms. The van der Waals surface area contributed by atoms with Crippen molar-refractivity contribution in [3.63, 3.8) is 0 Å². The van der Waals surface area contributed by atoms with Crippen LogP contribution < -0.4 is 10.5 Å². The molecule has 0 atom stereocenters. The van der Waals surface area contributed by atoms with Gasteiger partial charge in [0.15, 0.2) is 0 Å². The molecule has 0 saturated carbocycles. The van der Waals surface area contributed by atoms with E-state index in [2.05, 4.69) is 11.1 Å². The standard InChI is InChI=1S/C20H20N4O/c1-10-6-7-16(25-5)11(2)17(10)18-19(22)14(9-21)8-15-20(18)24-13(4)12(3)23-15/h6-8H,22H2,1-5H3. The fourth-order valence-corrected chi connectivity index (χ4v) is 3.16. The first-order valence-electron chi connectivity index (χ1n) is 8.01. The zero-order chi connectivity index (χ0) is 18.3. The third-order valence-corrected chi connectivity index (χ3v) is 4.63. The quantitative estimate of drug-likeness (QED) is 0.717. The van der Waals surface area contributed by atoms with E-state index in [1.54, 1.807) is 13.2 Å². The molecule has 2 N–H and O–H groups in total. The van der Waals surface area contributed by atoms with Gasteiger partial charge in [0.25, 0.3) is 0 Å². The van der Waals surface area contributed by atoms with E-state index in [0.717, 1.165) is 39.4 Å². The van der Waals surface area contributed by atoms with E-state index in [9.17, 15) is 5.26 Å². The number of benzene rings is 2. The smallest absolute Gasteiger partial charge is 0.122 e. The van der Waals surface area contributed by atoms with Crippen LogP contribution in [0.4, 0.5) is 5.69 Å². The topological polar surface area (TPSA) is 84.8 Å². The highest BCUT2D eigenvalue weighted by Gasteiger charge is 2.20. The number of nitriles is 1. The number of fused-ring (bicyclic) bond motifs is 1. The maximum absolute atomic E-state index is 9.51. The minimum Gasteiger partial charge on any atom is -0.496 e. The molecule has 5 heteroatoms. The van der Waals surface area contributed by atoms with Crippen LogP contribution >= 0.6 is 0 Å². The van der Waals surface area contributed by atoms with E-state index in [4.69, 9.17) is 15.5 Å². The van der Waals surface area contributed by atoms with E-state index in [-0.39, 0.29) is 0 Å². The van der Waals surface area contributed by atoms with Crippen molar-refractivity contribution in [1.29, 1.82) is 5.26 Å². The Hall–Kier alpha value is -3.13. The summed E-state index contributed by atoms with van der Waals surface area (Å²) in [5, 5.41) is 9.51. The van der Waals surface area contributed by atoms with Crippen molar-refractivity contribution in [1.82, 2.24) is 9.97 Å². The van der Waals surface area contributed by atoms with Gasteiger partial charge in [0.2, 0.25) is 0 Å².